The first kappa shape index (κ1) is 13.6. The molecule has 5 heteroatoms. The van der Waals surface area contributed by atoms with Crippen molar-refractivity contribution in [3.8, 4) is 17.0 Å². The summed E-state index contributed by atoms with van der Waals surface area (Å²) >= 11 is 0. The predicted molar refractivity (Wildman–Crippen MR) is 77.8 cm³/mol. The Morgan fingerprint density at radius 1 is 1.19 bits per heavy atom. The van der Waals surface area contributed by atoms with E-state index >= 15 is 0 Å². The molecule has 1 N–H and O–H groups in total. The quantitative estimate of drug-likeness (QED) is 0.804. The summed E-state index contributed by atoms with van der Waals surface area (Å²) in [5, 5.41) is 10.0. The van der Waals surface area contributed by atoms with Crippen LogP contribution >= 0.6 is 0 Å². The van der Waals surface area contributed by atoms with Crippen LogP contribution in [0.3, 0.4) is 0 Å². The van der Waals surface area contributed by atoms with Crippen molar-refractivity contribution in [1.29, 1.82) is 0 Å². The van der Waals surface area contributed by atoms with E-state index in [1.54, 1.807) is 24.5 Å². The summed E-state index contributed by atoms with van der Waals surface area (Å²) < 4.78 is 20.2. The zero-order valence-electron chi connectivity index (χ0n) is 11.7. The Morgan fingerprint density at radius 3 is 2.52 bits per heavy atom. The van der Waals surface area contributed by atoms with Crippen LogP contribution < -0.4 is 4.74 Å². The molecule has 4 nitrogen and oxygen atoms in total. The third kappa shape index (κ3) is 2.36. The molecular formula is C16H15FN2O2. The fraction of sp³-hybridized carbons (Fsp3) is 0.188. The lowest BCUT2D eigenvalue weighted by Gasteiger charge is -2.08. The normalized spacial score (nSPS) is 12.6. The van der Waals surface area contributed by atoms with Gasteiger partial charge in [0.25, 0.3) is 0 Å². The van der Waals surface area contributed by atoms with E-state index in [0.29, 0.717) is 17.0 Å². The van der Waals surface area contributed by atoms with Crippen LogP contribution in [0.1, 0.15) is 18.7 Å². The van der Waals surface area contributed by atoms with E-state index in [2.05, 4.69) is 4.98 Å². The molecule has 2 heterocycles. The van der Waals surface area contributed by atoms with Gasteiger partial charge < -0.3 is 9.84 Å². The van der Waals surface area contributed by atoms with Crippen molar-refractivity contribution in [2.45, 2.75) is 13.0 Å². The number of halogens is 1. The fourth-order valence-electron chi connectivity index (χ4n) is 2.40. The molecule has 0 fully saturated rings. The number of methoxy groups -OCH3 is 1. The molecule has 2 aromatic heterocycles. The summed E-state index contributed by atoms with van der Waals surface area (Å²) in [6, 6.07) is 10.3. The zero-order valence-corrected chi connectivity index (χ0v) is 11.7. The van der Waals surface area contributed by atoms with Gasteiger partial charge in [-0.05, 0) is 43.3 Å². The first-order valence-corrected chi connectivity index (χ1v) is 6.60. The molecule has 0 saturated carbocycles. The van der Waals surface area contributed by atoms with Gasteiger partial charge >= 0.3 is 0 Å². The number of fused-ring (bicyclic) bond motifs is 1. The lowest BCUT2D eigenvalue weighted by molar-refractivity contribution is 0.194. The van der Waals surface area contributed by atoms with E-state index in [9.17, 15) is 9.50 Å². The van der Waals surface area contributed by atoms with Gasteiger partial charge in [-0.3, -0.25) is 4.40 Å². The van der Waals surface area contributed by atoms with E-state index < -0.39 is 6.10 Å². The molecule has 108 valence electrons. The van der Waals surface area contributed by atoms with Crippen molar-refractivity contribution in [3.05, 3.63) is 54.1 Å². The molecule has 1 atom stereocenters. The van der Waals surface area contributed by atoms with Gasteiger partial charge in [0, 0.05) is 11.8 Å². The average molecular weight is 286 g/mol. The molecule has 21 heavy (non-hydrogen) atoms. The highest BCUT2D eigenvalue weighted by Gasteiger charge is 2.18. The minimum Gasteiger partial charge on any atom is -0.497 e. The lowest BCUT2D eigenvalue weighted by atomic mass is 10.1. The van der Waals surface area contributed by atoms with Gasteiger partial charge in [-0.1, -0.05) is 0 Å². The van der Waals surface area contributed by atoms with E-state index in [1.807, 2.05) is 24.3 Å². The van der Waals surface area contributed by atoms with Crippen LogP contribution in [0.5, 0.6) is 5.75 Å². The Bertz CT molecular complexity index is 779. The number of hydrogen-bond donors (Lipinski definition) is 1. The number of hydrogen-bond acceptors (Lipinski definition) is 3. The maximum Gasteiger partial charge on any atom is 0.139 e. The molecule has 0 aliphatic carbocycles. The highest BCUT2D eigenvalue weighted by molar-refractivity contribution is 5.67. The van der Waals surface area contributed by atoms with Gasteiger partial charge in [0.2, 0.25) is 0 Å². The van der Waals surface area contributed by atoms with Crippen LogP contribution in [0.2, 0.25) is 0 Å². The number of aliphatic hydroxyl groups is 1. The largest absolute Gasteiger partial charge is 0.497 e. The molecule has 0 aliphatic heterocycles. The van der Waals surface area contributed by atoms with E-state index in [0.717, 1.165) is 11.3 Å². The molecule has 0 amide bonds. The van der Waals surface area contributed by atoms with Crippen LogP contribution in [0.25, 0.3) is 16.9 Å². The molecule has 0 radical (unpaired) electrons. The van der Waals surface area contributed by atoms with Crippen LogP contribution in [-0.4, -0.2) is 21.6 Å². The van der Waals surface area contributed by atoms with Crippen LogP contribution in [0, 0.1) is 5.82 Å². The first-order chi connectivity index (χ1) is 10.1. The summed E-state index contributed by atoms with van der Waals surface area (Å²) in [5.41, 5.74) is 2.64. The minimum atomic E-state index is -0.765. The first-order valence-electron chi connectivity index (χ1n) is 6.60. The van der Waals surface area contributed by atoms with Gasteiger partial charge in [0.1, 0.15) is 17.2 Å². The van der Waals surface area contributed by atoms with E-state index in [1.165, 1.54) is 12.3 Å². The topological polar surface area (TPSA) is 46.8 Å². The third-order valence-electron chi connectivity index (χ3n) is 3.38. The summed E-state index contributed by atoms with van der Waals surface area (Å²) in [6.07, 6.45) is 0.566. The van der Waals surface area contributed by atoms with E-state index in [-0.39, 0.29) is 5.82 Å². The third-order valence-corrected chi connectivity index (χ3v) is 3.38. The van der Waals surface area contributed by atoms with Crippen molar-refractivity contribution in [1.82, 2.24) is 9.38 Å². The van der Waals surface area contributed by atoms with Crippen LogP contribution in [-0.2, 0) is 0 Å². The predicted octanol–water partition coefficient (Wildman–Crippen LogP) is 3.20. The number of benzene rings is 1. The number of ether oxygens (including phenoxy) is 1. The number of aliphatic hydroxyl groups excluding tert-OH is 1. The van der Waals surface area contributed by atoms with Gasteiger partial charge in [-0.25, -0.2) is 9.37 Å². The summed E-state index contributed by atoms with van der Waals surface area (Å²) in [7, 11) is 1.60. The molecule has 0 aliphatic rings. The Balaban J connectivity index is 2.23. The summed E-state index contributed by atoms with van der Waals surface area (Å²) in [6.45, 7) is 1.64. The van der Waals surface area contributed by atoms with E-state index in [4.69, 9.17) is 4.74 Å². The van der Waals surface area contributed by atoms with Gasteiger partial charge in [0.15, 0.2) is 0 Å². The number of aromatic nitrogens is 2. The molecule has 0 bridgehead atoms. The van der Waals surface area contributed by atoms with Crippen molar-refractivity contribution < 1.29 is 14.2 Å². The monoisotopic (exact) mass is 286 g/mol. The Hall–Kier alpha value is -2.40. The fourth-order valence-corrected chi connectivity index (χ4v) is 2.40. The second kappa shape index (κ2) is 5.18. The molecule has 3 rings (SSSR count). The number of pyridine rings is 1. The lowest BCUT2D eigenvalue weighted by Crippen LogP contribution is -2.00. The zero-order chi connectivity index (χ0) is 15.0. The standard InChI is InChI=1S/C16H15FN2O2/c1-10(20)16-15(11-3-6-13(21-2)7-4-11)18-14-8-5-12(17)9-19(14)16/h3-10,20H,1-2H3. The molecule has 3 aromatic rings. The Kier molecular flexibility index (Phi) is 3.35. The van der Waals surface area contributed by atoms with Gasteiger partial charge in [-0.15, -0.1) is 0 Å². The van der Waals surface area contributed by atoms with Crippen LogP contribution in [0.4, 0.5) is 4.39 Å². The second-order valence-electron chi connectivity index (χ2n) is 4.83. The SMILES string of the molecule is COc1ccc(-c2nc3ccc(F)cn3c2C(C)O)cc1. The Morgan fingerprint density at radius 2 is 1.90 bits per heavy atom. The van der Waals surface area contributed by atoms with Crippen LogP contribution in [0.15, 0.2) is 42.6 Å². The molecule has 1 aromatic carbocycles. The molecular weight excluding hydrogens is 271 g/mol. The highest BCUT2D eigenvalue weighted by atomic mass is 19.1. The van der Waals surface area contributed by atoms with Crippen molar-refractivity contribution in [2.24, 2.45) is 0 Å². The Labute approximate surface area is 121 Å². The molecule has 0 spiro atoms. The number of imidazole rings is 1. The number of nitrogens with zero attached hydrogens (tertiary/aromatic N) is 2. The smallest absolute Gasteiger partial charge is 0.139 e. The second-order valence-corrected chi connectivity index (χ2v) is 4.83. The highest BCUT2D eigenvalue weighted by Crippen LogP contribution is 2.30. The minimum absolute atomic E-state index is 0.372. The van der Waals surface area contributed by atoms with Crippen molar-refractivity contribution in [3.63, 3.8) is 0 Å². The summed E-state index contributed by atoms with van der Waals surface area (Å²) in [4.78, 5) is 4.50. The van der Waals surface area contributed by atoms with Gasteiger partial charge in [-0.2, -0.15) is 0 Å². The average Bonchev–Trinajstić information content (AvgIpc) is 2.86. The number of rotatable bonds is 3. The van der Waals surface area contributed by atoms with Crippen molar-refractivity contribution >= 4 is 5.65 Å². The molecule has 0 saturated heterocycles. The maximum atomic E-state index is 13.4. The summed E-state index contributed by atoms with van der Waals surface area (Å²) in [5.74, 6) is 0.371. The maximum absolute atomic E-state index is 13.4. The van der Waals surface area contributed by atoms with Gasteiger partial charge in [0.05, 0.1) is 24.6 Å². The van der Waals surface area contributed by atoms with Crippen molar-refractivity contribution in [2.75, 3.05) is 7.11 Å². The molecule has 1 unspecified atom stereocenters.